The van der Waals surface area contributed by atoms with Crippen LogP contribution in [0.1, 0.15) is 60.8 Å². The lowest BCUT2D eigenvalue weighted by Gasteiger charge is -2.32. The summed E-state index contributed by atoms with van der Waals surface area (Å²) in [5.74, 6) is -0.251. The molecule has 0 saturated heterocycles. The fourth-order valence-corrected chi connectivity index (χ4v) is 2.99. The smallest absolute Gasteiger partial charge is 0.302 e. The van der Waals surface area contributed by atoms with Crippen molar-refractivity contribution < 1.29 is 9.53 Å². The number of ether oxygens (including phenoxy) is 1. The summed E-state index contributed by atoms with van der Waals surface area (Å²) in [6.07, 6.45) is 16.3. The molecule has 0 aromatic carbocycles. The predicted molar refractivity (Wildman–Crippen MR) is 103 cm³/mol. The second-order valence-electron chi connectivity index (χ2n) is 7.29. The average Bonchev–Trinajstić information content (AvgIpc) is 2.45. The van der Waals surface area contributed by atoms with Crippen LogP contribution in [0.15, 0.2) is 58.7 Å². The van der Waals surface area contributed by atoms with Crippen molar-refractivity contribution in [2.24, 2.45) is 5.41 Å². The van der Waals surface area contributed by atoms with Crippen molar-refractivity contribution in [1.82, 2.24) is 0 Å². The van der Waals surface area contributed by atoms with Gasteiger partial charge in [-0.1, -0.05) is 60.9 Å². The number of hydrogen-bond donors (Lipinski definition) is 0. The second-order valence-corrected chi connectivity index (χ2v) is 7.29. The van der Waals surface area contributed by atoms with Crippen molar-refractivity contribution in [3.05, 3.63) is 58.7 Å². The fourth-order valence-electron chi connectivity index (χ4n) is 2.99. The number of carbonyl (C=O) groups excluding carboxylic acids is 1. The van der Waals surface area contributed by atoms with Gasteiger partial charge in [0.15, 0.2) is 0 Å². The van der Waals surface area contributed by atoms with Crippen LogP contribution < -0.4 is 0 Å². The van der Waals surface area contributed by atoms with Crippen molar-refractivity contribution in [2.75, 3.05) is 6.61 Å². The van der Waals surface area contributed by atoms with E-state index in [9.17, 15) is 4.79 Å². The molecule has 24 heavy (non-hydrogen) atoms. The molecule has 0 aromatic rings. The van der Waals surface area contributed by atoms with Gasteiger partial charge in [-0.05, 0) is 57.1 Å². The third kappa shape index (κ3) is 7.16. The van der Waals surface area contributed by atoms with Gasteiger partial charge in [-0.15, -0.1) is 0 Å². The van der Waals surface area contributed by atoms with Crippen LogP contribution in [-0.4, -0.2) is 12.6 Å². The molecule has 1 rings (SSSR count). The monoisotopic (exact) mass is 328 g/mol. The maximum atomic E-state index is 10.7. The summed E-state index contributed by atoms with van der Waals surface area (Å²) in [7, 11) is 0. The van der Waals surface area contributed by atoms with Crippen LogP contribution in [0.3, 0.4) is 0 Å². The molecule has 2 nitrogen and oxygen atoms in total. The van der Waals surface area contributed by atoms with E-state index in [2.05, 4.69) is 45.9 Å². The van der Waals surface area contributed by atoms with Crippen molar-refractivity contribution in [3.63, 3.8) is 0 Å². The summed E-state index contributed by atoms with van der Waals surface area (Å²) < 4.78 is 4.89. The van der Waals surface area contributed by atoms with E-state index in [0.717, 1.165) is 5.57 Å². The van der Waals surface area contributed by atoms with E-state index in [-0.39, 0.29) is 11.4 Å². The molecule has 0 unspecified atom stereocenters. The number of hydrogen-bond acceptors (Lipinski definition) is 2. The van der Waals surface area contributed by atoms with Crippen molar-refractivity contribution >= 4 is 5.97 Å². The highest BCUT2D eigenvalue weighted by atomic mass is 16.5. The predicted octanol–water partition coefficient (Wildman–Crippen LogP) is 6.08. The Hall–Kier alpha value is -1.83. The van der Waals surface area contributed by atoms with Gasteiger partial charge in [-0.25, -0.2) is 0 Å². The molecule has 0 N–H and O–H groups in total. The first kappa shape index (κ1) is 20.2. The lowest BCUT2D eigenvalue weighted by atomic mass is 9.72. The minimum Gasteiger partial charge on any atom is -0.462 e. The zero-order chi connectivity index (χ0) is 18.2. The molecule has 0 radical (unpaired) electrons. The normalized spacial score (nSPS) is 19.4. The molecular weight excluding hydrogens is 296 g/mol. The van der Waals surface area contributed by atoms with Gasteiger partial charge >= 0.3 is 5.97 Å². The van der Waals surface area contributed by atoms with Crippen molar-refractivity contribution in [1.29, 1.82) is 0 Å². The first-order chi connectivity index (χ1) is 11.2. The Kier molecular flexibility index (Phi) is 7.97. The van der Waals surface area contributed by atoms with Crippen LogP contribution in [0, 0.1) is 5.41 Å². The van der Waals surface area contributed by atoms with E-state index in [1.54, 1.807) is 0 Å². The molecule has 2 heteroatoms. The maximum absolute atomic E-state index is 10.7. The molecule has 0 aliphatic heterocycles. The van der Waals surface area contributed by atoms with Gasteiger partial charge in [0.05, 0.1) is 0 Å². The Labute approximate surface area is 147 Å². The third-order valence-electron chi connectivity index (χ3n) is 4.47. The summed E-state index contributed by atoms with van der Waals surface area (Å²) >= 11 is 0. The molecule has 0 bridgehead atoms. The summed E-state index contributed by atoms with van der Waals surface area (Å²) in [6, 6.07) is 0. The van der Waals surface area contributed by atoms with Crippen LogP contribution >= 0.6 is 0 Å². The van der Waals surface area contributed by atoms with Crippen LogP contribution in [0.5, 0.6) is 0 Å². The maximum Gasteiger partial charge on any atom is 0.302 e. The van der Waals surface area contributed by atoms with Gasteiger partial charge in [0.2, 0.25) is 0 Å². The van der Waals surface area contributed by atoms with Gasteiger partial charge in [-0.3, -0.25) is 4.79 Å². The molecule has 132 valence electrons. The lowest BCUT2D eigenvalue weighted by molar-refractivity contribution is -0.139. The van der Waals surface area contributed by atoms with E-state index >= 15 is 0 Å². The van der Waals surface area contributed by atoms with Gasteiger partial charge < -0.3 is 4.74 Å². The molecule has 0 atom stereocenters. The van der Waals surface area contributed by atoms with Gasteiger partial charge in [0, 0.05) is 6.92 Å². The average molecular weight is 328 g/mol. The zero-order valence-corrected chi connectivity index (χ0v) is 16.1. The largest absolute Gasteiger partial charge is 0.462 e. The Morgan fingerprint density at radius 1 is 1.17 bits per heavy atom. The van der Waals surface area contributed by atoms with Gasteiger partial charge in [0.25, 0.3) is 0 Å². The molecule has 1 aliphatic rings. The van der Waals surface area contributed by atoms with E-state index in [4.69, 9.17) is 4.74 Å². The molecule has 0 saturated carbocycles. The molecular formula is C22H32O2. The Morgan fingerprint density at radius 2 is 1.88 bits per heavy atom. The third-order valence-corrected chi connectivity index (χ3v) is 4.47. The highest BCUT2D eigenvalue weighted by molar-refractivity contribution is 5.66. The first-order valence-electron chi connectivity index (χ1n) is 8.76. The first-order valence-corrected chi connectivity index (χ1v) is 8.76. The van der Waals surface area contributed by atoms with Crippen molar-refractivity contribution in [2.45, 2.75) is 60.8 Å². The lowest BCUT2D eigenvalue weighted by Crippen LogP contribution is -2.19. The number of esters is 1. The Morgan fingerprint density at radius 3 is 2.50 bits per heavy atom. The van der Waals surface area contributed by atoms with Crippen LogP contribution in [0.2, 0.25) is 0 Å². The summed E-state index contributed by atoms with van der Waals surface area (Å²) in [5.41, 5.74) is 5.60. The quantitative estimate of drug-likeness (QED) is 0.436. The molecule has 0 heterocycles. The minimum atomic E-state index is -0.251. The van der Waals surface area contributed by atoms with E-state index in [0.29, 0.717) is 6.61 Å². The van der Waals surface area contributed by atoms with E-state index in [1.165, 1.54) is 42.9 Å². The molecule has 1 aliphatic carbocycles. The summed E-state index contributed by atoms with van der Waals surface area (Å²) in [5, 5.41) is 0. The SMILES string of the molecule is CC(=O)OC\C=C(C)/C=C/C=C(C)\C=C\C1=C(C)CCCC1(C)C. The number of carbonyl (C=O) groups is 1. The highest BCUT2D eigenvalue weighted by Gasteiger charge is 2.26. The molecule has 0 aromatic heterocycles. The van der Waals surface area contributed by atoms with Gasteiger partial charge in [0.1, 0.15) is 6.61 Å². The molecule has 0 amide bonds. The van der Waals surface area contributed by atoms with E-state index < -0.39 is 0 Å². The van der Waals surface area contributed by atoms with E-state index in [1.807, 2.05) is 25.2 Å². The topological polar surface area (TPSA) is 26.3 Å². The number of allylic oxidation sites excluding steroid dienone is 9. The summed E-state index contributed by atoms with van der Waals surface area (Å²) in [6.45, 7) is 12.8. The van der Waals surface area contributed by atoms with Crippen LogP contribution in [-0.2, 0) is 9.53 Å². The number of rotatable bonds is 6. The fraction of sp³-hybridized carbons (Fsp3) is 0.500. The van der Waals surface area contributed by atoms with Gasteiger partial charge in [-0.2, -0.15) is 0 Å². The summed E-state index contributed by atoms with van der Waals surface area (Å²) in [4.78, 5) is 10.7. The van der Waals surface area contributed by atoms with Crippen LogP contribution in [0.25, 0.3) is 0 Å². The second kappa shape index (κ2) is 9.46. The minimum absolute atomic E-state index is 0.251. The van der Waals surface area contributed by atoms with Crippen molar-refractivity contribution in [3.8, 4) is 0 Å². The highest BCUT2D eigenvalue weighted by Crippen LogP contribution is 2.40. The van der Waals surface area contributed by atoms with Crippen LogP contribution in [0.4, 0.5) is 0 Å². The standard InChI is InChI=1S/C22H32O2/c1-17(9-7-10-18(2)14-16-24-20(4)23)12-13-21-19(3)11-8-15-22(21,5)6/h7,9-10,12-14H,8,11,15-16H2,1-6H3/b10-7+,13-12+,17-9-,18-14-. The Balaban J connectivity index is 2.67. The Bertz CT molecular complexity index is 595. The molecule has 0 spiro atoms. The molecule has 0 fully saturated rings. The zero-order valence-electron chi connectivity index (χ0n) is 16.1.